The predicted molar refractivity (Wildman–Crippen MR) is 85.3 cm³/mol. The topological polar surface area (TPSA) is 87.7 Å². The van der Waals surface area contributed by atoms with Crippen molar-refractivity contribution >= 4 is 22.6 Å². The highest BCUT2D eigenvalue weighted by Crippen LogP contribution is 2.28. The molecule has 2 atom stereocenters. The number of hydrogen-bond acceptors (Lipinski definition) is 5. The minimum absolute atomic E-state index is 0.0314. The monoisotopic (exact) mass is 314 g/mol. The van der Waals surface area contributed by atoms with E-state index in [4.69, 9.17) is 0 Å². The van der Waals surface area contributed by atoms with Gasteiger partial charge in [-0.1, -0.05) is 30.3 Å². The van der Waals surface area contributed by atoms with Gasteiger partial charge in [0, 0.05) is 18.0 Å². The number of esters is 1. The van der Waals surface area contributed by atoms with Crippen molar-refractivity contribution in [3.63, 3.8) is 0 Å². The Balaban J connectivity index is 1.74. The van der Waals surface area contributed by atoms with E-state index in [1.807, 2.05) is 18.2 Å². The third kappa shape index (κ3) is 2.98. The fourth-order valence-corrected chi connectivity index (χ4v) is 2.87. The fraction of sp³-hybridized carbons (Fsp3) is 0.294. The van der Waals surface area contributed by atoms with Crippen molar-refractivity contribution in [1.29, 1.82) is 0 Å². The number of phenols is 1. The number of rotatable bonds is 3. The van der Waals surface area contributed by atoms with Gasteiger partial charge in [0.05, 0.1) is 12.7 Å². The molecule has 1 saturated heterocycles. The SMILES string of the molecule is COC(=O)[C@@H]1C[C@@H](NC(=O)c2ccc3ccccc3c2O)CN1. The number of ether oxygens (including phenoxy) is 1. The van der Waals surface area contributed by atoms with Crippen molar-refractivity contribution < 1.29 is 19.4 Å². The summed E-state index contributed by atoms with van der Waals surface area (Å²) in [6.45, 7) is 0.486. The van der Waals surface area contributed by atoms with Crippen LogP contribution >= 0.6 is 0 Å². The molecule has 1 aliphatic heterocycles. The first-order valence-electron chi connectivity index (χ1n) is 7.43. The highest BCUT2D eigenvalue weighted by molar-refractivity contribution is 6.03. The molecule has 1 aliphatic rings. The van der Waals surface area contributed by atoms with Gasteiger partial charge in [-0.3, -0.25) is 9.59 Å². The van der Waals surface area contributed by atoms with Gasteiger partial charge in [0.15, 0.2) is 0 Å². The minimum Gasteiger partial charge on any atom is -0.506 e. The summed E-state index contributed by atoms with van der Waals surface area (Å²) in [4.78, 5) is 23.9. The van der Waals surface area contributed by atoms with Crippen molar-refractivity contribution in [2.75, 3.05) is 13.7 Å². The van der Waals surface area contributed by atoms with E-state index in [-0.39, 0.29) is 29.2 Å². The van der Waals surface area contributed by atoms with Crippen LogP contribution in [0.25, 0.3) is 10.8 Å². The molecule has 23 heavy (non-hydrogen) atoms. The second-order valence-corrected chi connectivity index (χ2v) is 5.57. The van der Waals surface area contributed by atoms with Crippen LogP contribution in [0.4, 0.5) is 0 Å². The minimum atomic E-state index is -0.407. The maximum atomic E-state index is 12.4. The van der Waals surface area contributed by atoms with Gasteiger partial charge in [-0.15, -0.1) is 0 Å². The molecule has 2 aromatic rings. The van der Waals surface area contributed by atoms with Gasteiger partial charge in [-0.2, -0.15) is 0 Å². The summed E-state index contributed by atoms with van der Waals surface area (Å²) < 4.78 is 4.69. The van der Waals surface area contributed by atoms with E-state index < -0.39 is 6.04 Å². The van der Waals surface area contributed by atoms with E-state index in [9.17, 15) is 14.7 Å². The molecule has 3 N–H and O–H groups in total. The largest absolute Gasteiger partial charge is 0.506 e. The van der Waals surface area contributed by atoms with Crippen LogP contribution in [0.1, 0.15) is 16.8 Å². The molecule has 1 heterocycles. The van der Waals surface area contributed by atoms with Crippen LogP contribution in [0.15, 0.2) is 36.4 Å². The predicted octanol–water partition coefficient (Wildman–Crippen LogP) is 1.18. The molecule has 0 unspecified atom stereocenters. The molecule has 6 heteroatoms. The lowest BCUT2D eigenvalue weighted by Crippen LogP contribution is -2.36. The standard InChI is InChI=1S/C17H18N2O4/c1-23-17(22)14-8-11(9-18-14)19-16(21)13-7-6-10-4-2-3-5-12(10)15(13)20/h2-7,11,14,18,20H,8-9H2,1H3,(H,19,21)/t11-,14+/m1/s1. The second kappa shape index (κ2) is 6.26. The number of amides is 1. The third-order valence-electron chi connectivity index (χ3n) is 4.10. The molecule has 2 aromatic carbocycles. The smallest absolute Gasteiger partial charge is 0.322 e. The average Bonchev–Trinajstić information content (AvgIpc) is 3.03. The number of nitrogens with one attached hydrogen (secondary N) is 2. The Morgan fingerprint density at radius 3 is 2.83 bits per heavy atom. The number of benzene rings is 2. The molecule has 1 amide bonds. The molecule has 0 radical (unpaired) electrons. The van der Waals surface area contributed by atoms with Gasteiger partial charge in [-0.25, -0.2) is 0 Å². The summed E-state index contributed by atoms with van der Waals surface area (Å²) in [5.41, 5.74) is 0.227. The number of carbonyl (C=O) groups excluding carboxylic acids is 2. The van der Waals surface area contributed by atoms with Gasteiger partial charge in [0.2, 0.25) is 0 Å². The summed E-state index contributed by atoms with van der Waals surface area (Å²) in [6.07, 6.45) is 0.465. The van der Waals surface area contributed by atoms with Crippen molar-refractivity contribution in [2.24, 2.45) is 0 Å². The third-order valence-corrected chi connectivity index (χ3v) is 4.10. The Hall–Kier alpha value is -2.60. The molecule has 1 fully saturated rings. The van der Waals surface area contributed by atoms with Crippen molar-refractivity contribution in [3.05, 3.63) is 42.0 Å². The molecule has 0 saturated carbocycles. The first-order valence-corrected chi connectivity index (χ1v) is 7.43. The lowest BCUT2D eigenvalue weighted by atomic mass is 10.0. The number of carbonyl (C=O) groups is 2. The normalized spacial score (nSPS) is 20.4. The summed E-state index contributed by atoms with van der Waals surface area (Å²) in [5, 5.41) is 17.7. The van der Waals surface area contributed by atoms with E-state index in [1.165, 1.54) is 7.11 Å². The molecule has 0 aromatic heterocycles. The van der Waals surface area contributed by atoms with Crippen LogP contribution in [0.3, 0.4) is 0 Å². The Morgan fingerprint density at radius 2 is 2.04 bits per heavy atom. The molecule has 0 spiro atoms. The highest BCUT2D eigenvalue weighted by Gasteiger charge is 2.31. The number of phenolic OH excluding ortho intramolecular Hbond substituents is 1. The number of fused-ring (bicyclic) bond motifs is 1. The van der Waals surface area contributed by atoms with Crippen LogP contribution in [-0.2, 0) is 9.53 Å². The van der Waals surface area contributed by atoms with Crippen molar-refractivity contribution in [2.45, 2.75) is 18.5 Å². The maximum Gasteiger partial charge on any atom is 0.322 e. The van der Waals surface area contributed by atoms with Crippen LogP contribution in [-0.4, -0.2) is 42.7 Å². The maximum absolute atomic E-state index is 12.4. The van der Waals surface area contributed by atoms with Crippen LogP contribution < -0.4 is 10.6 Å². The molecule has 0 bridgehead atoms. The van der Waals surface area contributed by atoms with E-state index in [0.29, 0.717) is 18.4 Å². The molecule has 120 valence electrons. The quantitative estimate of drug-likeness (QED) is 0.741. The zero-order valence-electron chi connectivity index (χ0n) is 12.7. The zero-order chi connectivity index (χ0) is 16.4. The molecule has 3 rings (SSSR count). The van der Waals surface area contributed by atoms with Gasteiger partial charge in [0.1, 0.15) is 11.8 Å². The lowest BCUT2D eigenvalue weighted by molar-refractivity contribution is -0.142. The summed E-state index contributed by atoms with van der Waals surface area (Å²) in [5.74, 6) is -0.725. The van der Waals surface area contributed by atoms with Gasteiger partial charge >= 0.3 is 5.97 Å². The second-order valence-electron chi connectivity index (χ2n) is 5.57. The fourth-order valence-electron chi connectivity index (χ4n) is 2.87. The molecule has 0 aliphatic carbocycles. The van der Waals surface area contributed by atoms with Gasteiger partial charge in [0.25, 0.3) is 5.91 Å². The highest BCUT2D eigenvalue weighted by atomic mass is 16.5. The Morgan fingerprint density at radius 1 is 1.26 bits per heavy atom. The molecular formula is C17H18N2O4. The summed E-state index contributed by atoms with van der Waals surface area (Å²) in [7, 11) is 1.34. The average molecular weight is 314 g/mol. The Bertz CT molecular complexity index is 759. The van der Waals surface area contributed by atoms with Gasteiger partial charge in [-0.05, 0) is 17.9 Å². The van der Waals surface area contributed by atoms with E-state index >= 15 is 0 Å². The molecule has 6 nitrogen and oxygen atoms in total. The number of methoxy groups -OCH3 is 1. The summed E-state index contributed by atoms with van der Waals surface area (Å²) in [6, 6.07) is 10.1. The Kier molecular flexibility index (Phi) is 4.16. The van der Waals surface area contributed by atoms with Crippen LogP contribution in [0.5, 0.6) is 5.75 Å². The van der Waals surface area contributed by atoms with Gasteiger partial charge < -0.3 is 20.5 Å². The van der Waals surface area contributed by atoms with Crippen LogP contribution in [0.2, 0.25) is 0 Å². The number of hydrogen-bond donors (Lipinski definition) is 3. The van der Waals surface area contributed by atoms with E-state index in [2.05, 4.69) is 15.4 Å². The first kappa shape index (κ1) is 15.3. The zero-order valence-corrected chi connectivity index (χ0v) is 12.7. The molecular weight excluding hydrogens is 296 g/mol. The Labute approximate surface area is 133 Å². The van der Waals surface area contributed by atoms with Crippen molar-refractivity contribution in [1.82, 2.24) is 10.6 Å². The summed E-state index contributed by atoms with van der Waals surface area (Å²) >= 11 is 0. The van der Waals surface area contributed by atoms with E-state index in [0.717, 1.165) is 5.39 Å². The first-order chi connectivity index (χ1) is 11.1. The van der Waals surface area contributed by atoms with Crippen molar-refractivity contribution in [3.8, 4) is 5.75 Å². The lowest BCUT2D eigenvalue weighted by Gasteiger charge is -2.13. The van der Waals surface area contributed by atoms with Crippen LogP contribution in [0, 0.1) is 0 Å². The number of aromatic hydroxyl groups is 1. The van der Waals surface area contributed by atoms with E-state index in [1.54, 1.807) is 18.2 Å².